The Morgan fingerprint density at radius 2 is 2.29 bits per heavy atom. The third-order valence-electron chi connectivity index (χ3n) is 3.07. The quantitative estimate of drug-likeness (QED) is 0.682. The number of fused-ring (bicyclic) bond motifs is 1. The molecule has 2 nitrogen and oxygen atoms in total. The first-order valence-corrected chi connectivity index (χ1v) is 6.86. The molecule has 1 heterocycles. The van der Waals surface area contributed by atoms with Crippen molar-refractivity contribution in [1.29, 1.82) is 0 Å². The summed E-state index contributed by atoms with van der Waals surface area (Å²) >= 11 is 3.73. The molecule has 0 aliphatic carbocycles. The van der Waals surface area contributed by atoms with Crippen molar-refractivity contribution < 1.29 is 4.74 Å². The molecule has 1 aromatic carbocycles. The zero-order valence-corrected chi connectivity index (χ0v) is 11.7. The number of alkyl halides is 1. The van der Waals surface area contributed by atoms with E-state index in [1.807, 2.05) is 6.07 Å². The van der Waals surface area contributed by atoms with Crippen molar-refractivity contribution in [2.45, 2.75) is 17.7 Å². The molecular formula is C14H18BrNO. The molecule has 1 aromatic rings. The average molecular weight is 296 g/mol. The van der Waals surface area contributed by atoms with Crippen molar-refractivity contribution in [3.63, 3.8) is 0 Å². The summed E-state index contributed by atoms with van der Waals surface area (Å²) in [4.78, 5) is 0.356. The predicted molar refractivity (Wildman–Crippen MR) is 75.1 cm³/mol. The van der Waals surface area contributed by atoms with Gasteiger partial charge in [-0.1, -0.05) is 41.6 Å². The maximum absolute atomic E-state index is 5.59. The molecule has 1 aliphatic heterocycles. The zero-order valence-electron chi connectivity index (χ0n) is 10.1. The number of halogens is 1. The first-order chi connectivity index (χ1) is 8.22. The van der Waals surface area contributed by atoms with Crippen LogP contribution in [0.2, 0.25) is 0 Å². The SMILES string of the molecule is C=CCOc1ccc2c(c1)C(Br)CNCC2C. The maximum Gasteiger partial charge on any atom is 0.120 e. The third kappa shape index (κ3) is 2.90. The molecule has 0 amide bonds. The smallest absolute Gasteiger partial charge is 0.120 e. The second kappa shape index (κ2) is 5.69. The Kier molecular flexibility index (Phi) is 4.24. The highest BCUT2D eigenvalue weighted by Crippen LogP contribution is 2.34. The Bertz CT molecular complexity index is 405. The lowest BCUT2D eigenvalue weighted by molar-refractivity contribution is 0.362. The van der Waals surface area contributed by atoms with Crippen LogP contribution in [0, 0.1) is 0 Å². The van der Waals surface area contributed by atoms with Gasteiger partial charge in [-0.15, -0.1) is 0 Å². The van der Waals surface area contributed by atoms with E-state index in [4.69, 9.17) is 4.74 Å². The van der Waals surface area contributed by atoms with Gasteiger partial charge < -0.3 is 10.1 Å². The van der Waals surface area contributed by atoms with E-state index in [1.54, 1.807) is 6.08 Å². The van der Waals surface area contributed by atoms with Crippen LogP contribution in [0.15, 0.2) is 30.9 Å². The average Bonchev–Trinajstić information content (AvgIpc) is 2.48. The van der Waals surface area contributed by atoms with Gasteiger partial charge in [0.05, 0.1) is 4.83 Å². The van der Waals surface area contributed by atoms with Gasteiger partial charge in [0, 0.05) is 13.1 Å². The number of nitrogens with one attached hydrogen (secondary N) is 1. The monoisotopic (exact) mass is 295 g/mol. The van der Waals surface area contributed by atoms with Crippen LogP contribution in [0.25, 0.3) is 0 Å². The van der Waals surface area contributed by atoms with Crippen molar-refractivity contribution in [2.75, 3.05) is 19.7 Å². The molecule has 92 valence electrons. The number of benzene rings is 1. The summed E-state index contributed by atoms with van der Waals surface area (Å²) < 4.78 is 5.59. The summed E-state index contributed by atoms with van der Waals surface area (Å²) in [5.74, 6) is 1.46. The second-order valence-corrected chi connectivity index (χ2v) is 5.52. The normalized spacial score (nSPS) is 23.6. The van der Waals surface area contributed by atoms with Gasteiger partial charge in [0.25, 0.3) is 0 Å². The Morgan fingerprint density at radius 3 is 3.06 bits per heavy atom. The highest BCUT2D eigenvalue weighted by atomic mass is 79.9. The minimum absolute atomic E-state index is 0.356. The Morgan fingerprint density at radius 1 is 1.47 bits per heavy atom. The molecule has 0 saturated heterocycles. The van der Waals surface area contributed by atoms with E-state index in [-0.39, 0.29) is 0 Å². The van der Waals surface area contributed by atoms with Gasteiger partial charge in [0.15, 0.2) is 0 Å². The molecule has 1 aliphatic rings. The summed E-state index contributed by atoms with van der Waals surface area (Å²) in [6.07, 6.45) is 1.77. The molecule has 0 fully saturated rings. The van der Waals surface area contributed by atoms with E-state index in [9.17, 15) is 0 Å². The topological polar surface area (TPSA) is 21.3 Å². The fraction of sp³-hybridized carbons (Fsp3) is 0.429. The van der Waals surface area contributed by atoms with Gasteiger partial charge >= 0.3 is 0 Å². The standard InChI is InChI=1S/C14H18BrNO/c1-3-6-17-11-4-5-12-10(2)8-16-9-14(15)13(12)7-11/h3-5,7,10,14,16H,1,6,8-9H2,2H3. The summed E-state index contributed by atoms with van der Waals surface area (Å²) in [5.41, 5.74) is 2.74. The van der Waals surface area contributed by atoms with Crippen LogP contribution < -0.4 is 10.1 Å². The minimum atomic E-state index is 0.356. The summed E-state index contributed by atoms with van der Waals surface area (Å²) in [6, 6.07) is 6.37. The van der Waals surface area contributed by atoms with Crippen LogP contribution in [0.4, 0.5) is 0 Å². The Balaban J connectivity index is 2.31. The van der Waals surface area contributed by atoms with Crippen LogP contribution in [-0.4, -0.2) is 19.7 Å². The van der Waals surface area contributed by atoms with E-state index >= 15 is 0 Å². The number of hydrogen-bond donors (Lipinski definition) is 1. The molecule has 17 heavy (non-hydrogen) atoms. The fourth-order valence-electron chi connectivity index (χ4n) is 2.16. The van der Waals surface area contributed by atoms with Crippen molar-refractivity contribution in [1.82, 2.24) is 5.32 Å². The lowest BCUT2D eigenvalue weighted by Crippen LogP contribution is -2.19. The maximum atomic E-state index is 5.59. The molecule has 0 bridgehead atoms. The van der Waals surface area contributed by atoms with E-state index < -0.39 is 0 Å². The fourth-order valence-corrected chi connectivity index (χ4v) is 2.79. The number of hydrogen-bond acceptors (Lipinski definition) is 2. The van der Waals surface area contributed by atoms with E-state index in [0.29, 0.717) is 17.4 Å². The lowest BCUT2D eigenvalue weighted by Gasteiger charge is -2.15. The van der Waals surface area contributed by atoms with Crippen LogP contribution in [0.5, 0.6) is 5.75 Å². The van der Waals surface area contributed by atoms with Gasteiger partial charge in [-0.05, 0) is 29.2 Å². The van der Waals surface area contributed by atoms with Crippen LogP contribution >= 0.6 is 15.9 Å². The predicted octanol–water partition coefficient (Wildman–Crippen LogP) is 3.39. The lowest BCUT2D eigenvalue weighted by atomic mass is 9.95. The molecule has 0 spiro atoms. The van der Waals surface area contributed by atoms with Crippen LogP contribution in [0.3, 0.4) is 0 Å². The highest BCUT2D eigenvalue weighted by Gasteiger charge is 2.20. The molecule has 0 aromatic heterocycles. The summed E-state index contributed by atoms with van der Waals surface area (Å²) in [5, 5.41) is 3.45. The Labute approximate surface area is 111 Å². The first kappa shape index (κ1) is 12.7. The molecule has 2 rings (SSSR count). The van der Waals surface area contributed by atoms with Gasteiger partial charge in [-0.25, -0.2) is 0 Å². The number of ether oxygens (including phenoxy) is 1. The molecule has 2 unspecified atom stereocenters. The summed E-state index contributed by atoms with van der Waals surface area (Å²) in [6.45, 7) is 8.46. The van der Waals surface area contributed by atoms with Crippen LogP contribution in [-0.2, 0) is 0 Å². The first-order valence-electron chi connectivity index (χ1n) is 5.94. The van der Waals surface area contributed by atoms with Gasteiger partial charge in [-0.2, -0.15) is 0 Å². The van der Waals surface area contributed by atoms with E-state index in [2.05, 4.69) is 46.9 Å². The van der Waals surface area contributed by atoms with Crippen molar-refractivity contribution in [2.24, 2.45) is 0 Å². The molecule has 0 saturated carbocycles. The molecule has 0 radical (unpaired) electrons. The van der Waals surface area contributed by atoms with Crippen LogP contribution in [0.1, 0.15) is 28.8 Å². The van der Waals surface area contributed by atoms with Gasteiger partial charge in [0.2, 0.25) is 0 Å². The minimum Gasteiger partial charge on any atom is -0.490 e. The second-order valence-electron chi connectivity index (χ2n) is 4.42. The van der Waals surface area contributed by atoms with Crippen molar-refractivity contribution in [3.8, 4) is 5.75 Å². The van der Waals surface area contributed by atoms with Gasteiger partial charge in [0.1, 0.15) is 12.4 Å². The molecular weight excluding hydrogens is 278 g/mol. The molecule has 3 heteroatoms. The Hall–Kier alpha value is -0.800. The van der Waals surface area contributed by atoms with Crippen molar-refractivity contribution >= 4 is 15.9 Å². The van der Waals surface area contributed by atoms with Crippen molar-refractivity contribution in [3.05, 3.63) is 42.0 Å². The highest BCUT2D eigenvalue weighted by molar-refractivity contribution is 9.09. The number of rotatable bonds is 3. The van der Waals surface area contributed by atoms with E-state index in [1.165, 1.54) is 11.1 Å². The largest absolute Gasteiger partial charge is 0.490 e. The molecule has 2 atom stereocenters. The summed E-state index contributed by atoms with van der Waals surface area (Å²) in [7, 11) is 0. The zero-order chi connectivity index (χ0) is 12.3. The van der Waals surface area contributed by atoms with Gasteiger partial charge in [-0.3, -0.25) is 0 Å². The molecule has 1 N–H and O–H groups in total. The third-order valence-corrected chi connectivity index (χ3v) is 3.89. The van der Waals surface area contributed by atoms with E-state index in [0.717, 1.165) is 18.8 Å².